The van der Waals surface area contributed by atoms with Gasteiger partial charge >= 0.3 is 0 Å². The van der Waals surface area contributed by atoms with E-state index in [1.165, 1.54) is 0 Å². The Bertz CT molecular complexity index is 860. The molecule has 0 unspecified atom stereocenters. The van der Waals surface area contributed by atoms with E-state index >= 15 is 0 Å². The fourth-order valence-corrected chi connectivity index (χ4v) is 2.64. The lowest BCUT2D eigenvalue weighted by Gasteiger charge is -2.12. The molecule has 6 heteroatoms. The van der Waals surface area contributed by atoms with Crippen molar-refractivity contribution in [3.05, 3.63) is 72.1 Å². The molecule has 0 aliphatic rings. The van der Waals surface area contributed by atoms with Gasteiger partial charge in [0.1, 0.15) is 0 Å². The van der Waals surface area contributed by atoms with Crippen molar-refractivity contribution < 1.29 is 0 Å². The number of nitrogens with one attached hydrogen (secondary N) is 3. The molecule has 0 atom stereocenters. The Hall–Kier alpha value is -2.99. The second-order valence-corrected chi connectivity index (χ2v) is 6.03. The minimum Gasteiger partial charge on any atom is -0.332 e. The Morgan fingerprint density at radius 2 is 1.36 bits per heavy atom. The molecule has 0 fully saturated rings. The van der Waals surface area contributed by atoms with Crippen molar-refractivity contribution in [3.8, 4) is 0 Å². The number of hydrogen-bond acceptors (Lipinski definition) is 4. The summed E-state index contributed by atoms with van der Waals surface area (Å²) >= 11 is 5.36. The van der Waals surface area contributed by atoms with Gasteiger partial charge in [0, 0.05) is 28.5 Å². The zero-order valence-electron chi connectivity index (χ0n) is 14.1. The predicted octanol–water partition coefficient (Wildman–Crippen LogP) is 4.65. The Balaban J connectivity index is 1.67. The van der Waals surface area contributed by atoms with Gasteiger partial charge in [-0.15, -0.1) is 0 Å². The van der Waals surface area contributed by atoms with Crippen LogP contribution in [-0.2, 0) is 0 Å². The number of anilines is 4. The first-order valence-corrected chi connectivity index (χ1v) is 8.32. The molecule has 3 rings (SSSR count). The molecule has 126 valence electrons. The van der Waals surface area contributed by atoms with E-state index in [0.717, 1.165) is 28.5 Å². The minimum atomic E-state index is 0.533. The van der Waals surface area contributed by atoms with Crippen molar-refractivity contribution in [2.45, 2.75) is 13.8 Å². The molecule has 0 saturated heterocycles. The molecule has 0 saturated carbocycles. The van der Waals surface area contributed by atoms with Crippen LogP contribution in [0, 0.1) is 13.8 Å². The summed E-state index contributed by atoms with van der Waals surface area (Å²) in [7, 11) is 0. The summed E-state index contributed by atoms with van der Waals surface area (Å²) in [6.07, 6.45) is 0. The van der Waals surface area contributed by atoms with Gasteiger partial charge in [-0.3, -0.25) is 0 Å². The molecule has 3 aromatic rings. The van der Waals surface area contributed by atoms with Crippen molar-refractivity contribution in [2.75, 3.05) is 16.0 Å². The number of nitrogens with zero attached hydrogens (tertiary/aromatic N) is 2. The Kier molecular flexibility index (Phi) is 5.20. The summed E-state index contributed by atoms with van der Waals surface area (Å²) in [5, 5.41) is 10.1. The summed E-state index contributed by atoms with van der Waals surface area (Å²) in [5.41, 5.74) is 4.56. The minimum absolute atomic E-state index is 0.533. The van der Waals surface area contributed by atoms with Gasteiger partial charge in [0.05, 0.1) is 0 Å². The topological polar surface area (TPSA) is 61.9 Å². The van der Waals surface area contributed by atoms with Crippen LogP contribution in [0.3, 0.4) is 0 Å². The molecule has 3 N–H and O–H groups in total. The standard InChI is InChI=1S/C19H19N5S/c1-13-11-14(2)21-18(20-13)22-16-9-6-10-17(12-16)24-19(25)23-15-7-4-3-5-8-15/h3-12H,1-2H3,(H,20,21,22)(H2,23,24,25). The van der Waals surface area contributed by atoms with Crippen molar-refractivity contribution in [2.24, 2.45) is 0 Å². The molecule has 0 spiro atoms. The molecule has 25 heavy (non-hydrogen) atoms. The molecule has 0 aliphatic heterocycles. The van der Waals surface area contributed by atoms with Gasteiger partial charge in [0.15, 0.2) is 5.11 Å². The van der Waals surface area contributed by atoms with Crippen molar-refractivity contribution in [1.82, 2.24) is 9.97 Å². The molecule has 0 amide bonds. The van der Waals surface area contributed by atoms with Crippen LogP contribution in [0.5, 0.6) is 0 Å². The lowest BCUT2D eigenvalue weighted by Crippen LogP contribution is -2.18. The second-order valence-electron chi connectivity index (χ2n) is 5.63. The zero-order valence-corrected chi connectivity index (χ0v) is 14.9. The second kappa shape index (κ2) is 7.72. The number of aromatic nitrogens is 2. The zero-order chi connectivity index (χ0) is 17.6. The van der Waals surface area contributed by atoms with E-state index in [-0.39, 0.29) is 0 Å². The molecule has 0 bridgehead atoms. The molecule has 0 radical (unpaired) electrons. The number of benzene rings is 2. The fourth-order valence-electron chi connectivity index (χ4n) is 2.40. The molecule has 5 nitrogen and oxygen atoms in total. The third-order valence-corrected chi connectivity index (χ3v) is 3.59. The van der Waals surface area contributed by atoms with Crippen LogP contribution in [0.4, 0.5) is 23.0 Å². The normalized spacial score (nSPS) is 10.2. The van der Waals surface area contributed by atoms with Crippen LogP contribution in [0.1, 0.15) is 11.4 Å². The third-order valence-electron chi connectivity index (χ3n) is 3.39. The van der Waals surface area contributed by atoms with E-state index in [4.69, 9.17) is 12.2 Å². The molecule has 0 aliphatic carbocycles. The highest BCUT2D eigenvalue weighted by molar-refractivity contribution is 7.80. The van der Waals surface area contributed by atoms with Crippen molar-refractivity contribution in [3.63, 3.8) is 0 Å². The SMILES string of the molecule is Cc1cc(C)nc(Nc2cccc(NC(=S)Nc3ccccc3)c2)n1. The summed E-state index contributed by atoms with van der Waals surface area (Å²) < 4.78 is 0. The van der Waals surface area contributed by atoms with Crippen LogP contribution in [-0.4, -0.2) is 15.1 Å². The predicted molar refractivity (Wildman–Crippen MR) is 108 cm³/mol. The van der Waals surface area contributed by atoms with Crippen molar-refractivity contribution >= 4 is 40.3 Å². The van der Waals surface area contributed by atoms with E-state index < -0.39 is 0 Å². The molecule has 2 aromatic carbocycles. The number of para-hydroxylation sites is 1. The molecular weight excluding hydrogens is 330 g/mol. The summed E-state index contributed by atoms with van der Waals surface area (Å²) in [5.74, 6) is 0.583. The lowest BCUT2D eigenvalue weighted by molar-refractivity contribution is 1.06. The van der Waals surface area contributed by atoms with Gasteiger partial charge in [-0.05, 0) is 62.5 Å². The Morgan fingerprint density at radius 3 is 2.08 bits per heavy atom. The smallest absolute Gasteiger partial charge is 0.227 e. The Labute approximate surface area is 152 Å². The van der Waals surface area contributed by atoms with Crippen LogP contribution < -0.4 is 16.0 Å². The first kappa shape index (κ1) is 16.9. The maximum atomic E-state index is 5.36. The molecule has 1 heterocycles. The monoisotopic (exact) mass is 349 g/mol. The first-order valence-electron chi connectivity index (χ1n) is 7.91. The van der Waals surface area contributed by atoms with Gasteiger partial charge in [-0.1, -0.05) is 24.3 Å². The van der Waals surface area contributed by atoms with Crippen LogP contribution >= 0.6 is 12.2 Å². The highest BCUT2D eigenvalue weighted by Crippen LogP contribution is 2.19. The molecule has 1 aromatic heterocycles. The van der Waals surface area contributed by atoms with Crippen LogP contribution in [0.2, 0.25) is 0 Å². The van der Waals surface area contributed by atoms with E-state index in [9.17, 15) is 0 Å². The lowest BCUT2D eigenvalue weighted by atomic mass is 10.3. The highest BCUT2D eigenvalue weighted by Gasteiger charge is 2.03. The quantitative estimate of drug-likeness (QED) is 0.596. The van der Waals surface area contributed by atoms with E-state index in [1.807, 2.05) is 74.5 Å². The van der Waals surface area contributed by atoms with Gasteiger partial charge in [0.2, 0.25) is 5.95 Å². The first-order chi connectivity index (χ1) is 12.1. The van der Waals surface area contributed by atoms with E-state index in [1.54, 1.807) is 0 Å². The summed E-state index contributed by atoms with van der Waals surface area (Å²) in [6, 6.07) is 19.6. The number of rotatable bonds is 4. The molecular formula is C19H19N5S. The average Bonchev–Trinajstić information content (AvgIpc) is 2.55. The average molecular weight is 349 g/mol. The number of hydrogen-bond donors (Lipinski definition) is 3. The van der Waals surface area contributed by atoms with Gasteiger partial charge < -0.3 is 16.0 Å². The Morgan fingerprint density at radius 1 is 0.760 bits per heavy atom. The van der Waals surface area contributed by atoms with Crippen LogP contribution in [0.25, 0.3) is 0 Å². The number of thiocarbonyl (C=S) groups is 1. The highest BCUT2D eigenvalue weighted by atomic mass is 32.1. The van der Waals surface area contributed by atoms with Gasteiger partial charge in [0.25, 0.3) is 0 Å². The van der Waals surface area contributed by atoms with Gasteiger partial charge in [-0.2, -0.15) is 0 Å². The fraction of sp³-hybridized carbons (Fsp3) is 0.105. The summed E-state index contributed by atoms with van der Waals surface area (Å²) in [4.78, 5) is 8.79. The van der Waals surface area contributed by atoms with E-state index in [0.29, 0.717) is 11.1 Å². The maximum absolute atomic E-state index is 5.36. The van der Waals surface area contributed by atoms with E-state index in [2.05, 4.69) is 25.9 Å². The maximum Gasteiger partial charge on any atom is 0.227 e. The summed E-state index contributed by atoms with van der Waals surface area (Å²) in [6.45, 7) is 3.90. The third kappa shape index (κ3) is 4.99. The largest absolute Gasteiger partial charge is 0.332 e. The van der Waals surface area contributed by atoms with Crippen molar-refractivity contribution in [1.29, 1.82) is 0 Å². The number of aryl methyl sites for hydroxylation is 2. The van der Waals surface area contributed by atoms with Gasteiger partial charge in [-0.25, -0.2) is 9.97 Å². The van der Waals surface area contributed by atoms with Crippen LogP contribution in [0.15, 0.2) is 60.7 Å².